The number of hydrazone groups is 1. The zero-order valence-corrected chi connectivity index (χ0v) is 11.2. The minimum atomic E-state index is -0.397. The largest absolute Gasteiger partial charge is 0.382 e. The summed E-state index contributed by atoms with van der Waals surface area (Å²) in [6.07, 6.45) is 0. The lowest BCUT2D eigenvalue weighted by atomic mass is 10.2. The molecular formula is C10H9BrClN5. The average Bonchev–Trinajstić information content (AvgIpc) is 2.21. The van der Waals surface area contributed by atoms with Gasteiger partial charge in [0.05, 0.1) is 10.7 Å². The van der Waals surface area contributed by atoms with Crippen LogP contribution in [0.15, 0.2) is 21.7 Å². The minimum absolute atomic E-state index is 0.191. The van der Waals surface area contributed by atoms with Crippen molar-refractivity contribution < 1.29 is 0 Å². The molecular weight excluding hydrogens is 306 g/mol. The molecule has 1 rings (SSSR count). The van der Waals surface area contributed by atoms with Crippen LogP contribution in [0.5, 0.6) is 0 Å². The lowest BCUT2D eigenvalue weighted by molar-refractivity contribution is 1.29. The lowest BCUT2D eigenvalue weighted by Crippen LogP contribution is -2.22. The molecule has 17 heavy (non-hydrogen) atoms. The molecule has 0 amide bonds. The average molecular weight is 315 g/mol. The lowest BCUT2D eigenvalue weighted by Gasteiger charge is -2.08. The normalized spacial score (nSPS) is 10.8. The van der Waals surface area contributed by atoms with Gasteiger partial charge in [-0.3, -0.25) is 10.8 Å². The van der Waals surface area contributed by atoms with Crippen LogP contribution in [0.4, 0.5) is 5.69 Å². The predicted molar refractivity (Wildman–Crippen MR) is 72.5 cm³/mol. The summed E-state index contributed by atoms with van der Waals surface area (Å²) in [7, 11) is 0. The maximum atomic E-state index is 8.68. The van der Waals surface area contributed by atoms with Gasteiger partial charge in [0.25, 0.3) is 0 Å². The highest BCUT2D eigenvalue weighted by Crippen LogP contribution is 2.29. The van der Waals surface area contributed by atoms with Gasteiger partial charge in [-0.1, -0.05) is 27.5 Å². The molecule has 0 heterocycles. The third-order valence-electron chi connectivity index (χ3n) is 1.89. The highest BCUT2D eigenvalue weighted by atomic mass is 79.9. The maximum absolute atomic E-state index is 8.68. The Morgan fingerprint density at radius 2 is 2.29 bits per heavy atom. The number of nitrogens with two attached hydrogens (primary N) is 1. The van der Waals surface area contributed by atoms with Gasteiger partial charge in [0.15, 0.2) is 5.84 Å². The summed E-state index contributed by atoms with van der Waals surface area (Å²) in [6, 6.07) is 5.26. The number of hydrogen-bond acceptors (Lipinski definition) is 4. The third kappa shape index (κ3) is 3.44. The second-order valence-corrected chi connectivity index (χ2v) is 4.50. The van der Waals surface area contributed by atoms with Gasteiger partial charge in [0.2, 0.25) is 5.71 Å². The number of benzene rings is 1. The molecule has 1 aromatic carbocycles. The van der Waals surface area contributed by atoms with E-state index in [2.05, 4.69) is 26.5 Å². The second kappa shape index (κ2) is 5.66. The Hall–Kier alpha value is -1.58. The van der Waals surface area contributed by atoms with E-state index in [0.717, 1.165) is 10.0 Å². The van der Waals surface area contributed by atoms with E-state index in [-0.39, 0.29) is 5.71 Å². The summed E-state index contributed by atoms with van der Waals surface area (Å²) in [5.74, 6) is -0.397. The van der Waals surface area contributed by atoms with Crippen molar-refractivity contribution in [2.75, 3.05) is 5.43 Å². The van der Waals surface area contributed by atoms with E-state index in [1.807, 2.05) is 13.0 Å². The van der Waals surface area contributed by atoms with Gasteiger partial charge < -0.3 is 5.73 Å². The van der Waals surface area contributed by atoms with Gasteiger partial charge in [-0.05, 0) is 24.6 Å². The number of nitriles is 1. The fraction of sp³-hybridized carbons (Fsp3) is 0.100. The molecule has 0 unspecified atom stereocenters. The molecule has 88 valence electrons. The van der Waals surface area contributed by atoms with Crippen LogP contribution in [0.2, 0.25) is 5.02 Å². The molecule has 0 radical (unpaired) electrons. The second-order valence-electron chi connectivity index (χ2n) is 3.18. The van der Waals surface area contributed by atoms with Crippen molar-refractivity contribution in [1.82, 2.24) is 0 Å². The van der Waals surface area contributed by atoms with Gasteiger partial charge in [0, 0.05) is 4.47 Å². The molecule has 1 aromatic rings. The number of nitrogens with zero attached hydrogens (tertiary/aromatic N) is 2. The summed E-state index contributed by atoms with van der Waals surface area (Å²) in [5.41, 5.74) is 9.03. The molecule has 0 bridgehead atoms. The molecule has 0 aromatic heterocycles. The zero-order valence-electron chi connectivity index (χ0n) is 8.88. The predicted octanol–water partition coefficient (Wildman–Crippen LogP) is 2.64. The van der Waals surface area contributed by atoms with Crippen LogP contribution in [0.3, 0.4) is 0 Å². The van der Waals surface area contributed by atoms with Crippen LogP contribution in [-0.4, -0.2) is 11.5 Å². The molecule has 0 atom stereocenters. The fourth-order valence-electron chi connectivity index (χ4n) is 1.10. The Morgan fingerprint density at radius 3 is 2.76 bits per heavy atom. The first-order valence-corrected chi connectivity index (χ1v) is 5.66. The number of rotatable bonds is 3. The first-order valence-electron chi connectivity index (χ1n) is 4.49. The summed E-state index contributed by atoms with van der Waals surface area (Å²) in [5, 5.41) is 20.0. The fourth-order valence-corrected chi connectivity index (χ4v) is 2.11. The quantitative estimate of drug-likeness (QED) is 0.454. The van der Waals surface area contributed by atoms with Crippen LogP contribution in [-0.2, 0) is 0 Å². The molecule has 0 aliphatic rings. The topological polar surface area (TPSA) is 98.0 Å². The van der Waals surface area contributed by atoms with Crippen LogP contribution >= 0.6 is 27.5 Å². The summed E-state index contributed by atoms with van der Waals surface area (Å²) >= 11 is 9.32. The zero-order chi connectivity index (χ0) is 13.0. The van der Waals surface area contributed by atoms with E-state index in [4.69, 9.17) is 28.0 Å². The van der Waals surface area contributed by atoms with Gasteiger partial charge in [-0.2, -0.15) is 10.4 Å². The smallest absolute Gasteiger partial charge is 0.201 e. The van der Waals surface area contributed by atoms with Crippen molar-refractivity contribution in [3.63, 3.8) is 0 Å². The van der Waals surface area contributed by atoms with Crippen molar-refractivity contribution in [2.24, 2.45) is 10.8 Å². The summed E-state index contributed by atoms with van der Waals surface area (Å²) in [4.78, 5) is 0. The number of nitrogens with one attached hydrogen (secondary N) is 2. The molecule has 4 N–H and O–H groups in total. The first kappa shape index (κ1) is 13.5. The molecule has 0 saturated carbocycles. The monoisotopic (exact) mass is 313 g/mol. The van der Waals surface area contributed by atoms with Crippen LogP contribution in [0.25, 0.3) is 0 Å². The van der Waals surface area contributed by atoms with Gasteiger partial charge >= 0.3 is 0 Å². The maximum Gasteiger partial charge on any atom is 0.201 e. The van der Waals surface area contributed by atoms with Crippen molar-refractivity contribution in [1.29, 1.82) is 10.7 Å². The molecule has 0 aliphatic carbocycles. The van der Waals surface area contributed by atoms with E-state index in [1.54, 1.807) is 12.1 Å². The summed E-state index contributed by atoms with van der Waals surface area (Å²) < 4.78 is 0.849. The number of aryl methyl sites for hydroxylation is 1. The van der Waals surface area contributed by atoms with E-state index in [1.165, 1.54) is 0 Å². The minimum Gasteiger partial charge on any atom is -0.382 e. The summed E-state index contributed by atoms with van der Waals surface area (Å²) in [6.45, 7) is 1.84. The molecule has 0 saturated heterocycles. The van der Waals surface area contributed by atoms with E-state index < -0.39 is 5.84 Å². The van der Waals surface area contributed by atoms with Crippen molar-refractivity contribution in [3.05, 3.63) is 27.2 Å². The number of halogens is 2. The Morgan fingerprint density at radius 1 is 1.65 bits per heavy atom. The Labute approximate surface area is 112 Å². The van der Waals surface area contributed by atoms with Crippen LogP contribution in [0, 0.1) is 23.7 Å². The van der Waals surface area contributed by atoms with Crippen molar-refractivity contribution in [2.45, 2.75) is 6.92 Å². The Balaban J connectivity index is 3.05. The molecule has 5 nitrogen and oxygen atoms in total. The third-order valence-corrected chi connectivity index (χ3v) is 2.65. The standard InChI is InChI=1S/C10H9BrClN5/c1-5-2-6(11)3-7(12)9(5)17-16-8(4-13)10(14)15/h2-3,17H,1H3,(H3,14,15)/b16-8+. The Kier molecular flexibility index (Phi) is 4.49. The molecule has 0 aliphatic heterocycles. The van der Waals surface area contributed by atoms with Crippen molar-refractivity contribution >= 4 is 44.8 Å². The number of amidine groups is 1. The first-order chi connectivity index (χ1) is 7.95. The highest BCUT2D eigenvalue weighted by molar-refractivity contribution is 9.10. The molecule has 0 fully saturated rings. The van der Waals surface area contributed by atoms with Gasteiger partial charge in [-0.15, -0.1) is 0 Å². The van der Waals surface area contributed by atoms with Gasteiger partial charge in [-0.25, -0.2) is 0 Å². The number of anilines is 1. The van der Waals surface area contributed by atoms with E-state index in [0.29, 0.717) is 10.7 Å². The molecule has 7 heteroatoms. The molecule has 0 spiro atoms. The SMILES string of the molecule is Cc1cc(Br)cc(Cl)c1N/N=C(\C#N)C(=N)N. The van der Waals surface area contributed by atoms with Crippen LogP contribution in [0.1, 0.15) is 5.56 Å². The van der Waals surface area contributed by atoms with Gasteiger partial charge in [0.1, 0.15) is 6.07 Å². The van der Waals surface area contributed by atoms with Crippen LogP contribution < -0.4 is 11.2 Å². The Bertz CT molecular complexity index is 509. The van der Waals surface area contributed by atoms with E-state index in [9.17, 15) is 0 Å². The highest BCUT2D eigenvalue weighted by Gasteiger charge is 2.06. The van der Waals surface area contributed by atoms with E-state index >= 15 is 0 Å². The van der Waals surface area contributed by atoms with Crippen molar-refractivity contribution in [3.8, 4) is 6.07 Å². The number of hydrogen-bond donors (Lipinski definition) is 3.